The molecule has 154 valence electrons. The van der Waals surface area contributed by atoms with Crippen LogP contribution in [0.2, 0.25) is 0 Å². The Morgan fingerprint density at radius 3 is 2.50 bits per heavy atom. The highest BCUT2D eigenvalue weighted by Crippen LogP contribution is 2.32. The third kappa shape index (κ3) is 3.75. The van der Waals surface area contributed by atoms with Gasteiger partial charge in [-0.25, -0.2) is 8.78 Å². The van der Waals surface area contributed by atoms with Crippen LogP contribution in [0.25, 0.3) is 11.1 Å². The van der Waals surface area contributed by atoms with Crippen molar-refractivity contribution in [1.29, 1.82) is 0 Å². The van der Waals surface area contributed by atoms with Crippen LogP contribution in [-0.2, 0) is 6.54 Å². The molecule has 30 heavy (non-hydrogen) atoms. The van der Waals surface area contributed by atoms with E-state index in [0.29, 0.717) is 12.1 Å². The second-order valence-electron chi connectivity index (χ2n) is 7.68. The van der Waals surface area contributed by atoms with Gasteiger partial charge in [-0.05, 0) is 53.1 Å². The summed E-state index contributed by atoms with van der Waals surface area (Å²) in [4.78, 5) is 2.25. The number of benzene rings is 3. The van der Waals surface area contributed by atoms with Gasteiger partial charge in [0.15, 0.2) is 0 Å². The fourth-order valence-corrected chi connectivity index (χ4v) is 4.15. The monoisotopic (exact) mass is 407 g/mol. The van der Waals surface area contributed by atoms with E-state index in [2.05, 4.69) is 26.6 Å². The molecular weight excluding hydrogens is 384 g/mol. The molecule has 0 aromatic heterocycles. The standard InChI is InChI=1S/C23H23F2N5/c24-19-5-1-15(2-6-19)23-13-26-9-10-30(23)14-18-11-16(3-7-20(18)25)17-4-8-21-22(12-17)28-29-27-21/h1-8,11-12,23,26-29H,9-10,13-14H2. The van der Waals surface area contributed by atoms with E-state index in [0.717, 1.165) is 47.7 Å². The van der Waals surface area contributed by atoms with E-state index in [9.17, 15) is 8.78 Å². The molecule has 0 aliphatic carbocycles. The van der Waals surface area contributed by atoms with Crippen LogP contribution in [0, 0.1) is 11.6 Å². The second kappa shape index (κ2) is 8.02. The van der Waals surface area contributed by atoms with Crippen molar-refractivity contribution in [3.05, 3.63) is 83.4 Å². The number of nitrogens with one attached hydrogen (secondary N) is 4. The molecule has 7 heteroatoms. The summed E-state index contributed by atoms with van der Waals surface area (Å²) in [5, 5.41) is 3.39. The summed E-state index contributed by atoms with van der Waals surface area (Å²) in [6.45, 7) is 2.89. The number of fused-ring (bicyclic) bond motifs is 1. The SMILES string of the molecule is Fc1ccc(C2CNCCN2Cc2cc(-c3ccc4c(c3)NNN4)ccc2F)cc1. The van der Waals surface area contributed by atoms with Crippen molar-refractivity contribution < 1.29 is 8.78 Å². The van der Waals surface area contributed by atoms with E-state index in [1.54, 1.807) is 0 Å². The maximum atomic E-state index is 14.7. The Hall–Kier alpha value is -3.00. The molecule has 2 aliphatic heterocycles. The highest BCUT2D eigenvalue weighted by molar-refractivity contribution is 5.79. The van der Waals surface area contributed by atoms with E-state index >= 15 is 0 Å². The molecule has 0 amide bonds. The van der Waals surface area contributed by atoms with Crippen LogP contribution in [0.4, 0.5) is 20.2 Å². The predicted octanol–water partition coefficient (Wildman–Crippen LogP) is 4.04. The zero-order valence-electron chi connectivity index (χ0n) is 16.4. The normalized spacial score (nSPS) is 18.5. The lowest BCUT2D eigenvalue weighted by Crippen LogP contribution is -2.45. The first kappa shape index (κ1) is 19.0. The van der Waals surface area contributed by atoms with E-state index < -0.39 is 0 Å². The minimum absolute atomic E-state index is 0.0729. The molecule has 3 aromatic rings. The van der Waals surface area contributed by atoms with Crippen LogP contribution in [0.15, 0.2) is 60.7 Å². The second-order valence-corrected chi connectivity index (χ2v) is 7.68. The molecule has 5 nitrogen and oxygen atoms in total. The van der Waals surface area contributed by atoms with Crippen molar-refractivity contribution in [2.75, 3.05) is 30.5 Å². The highest BCUT2D eigenvalue weighted by Gasteiger charge is 2.25. The van der Waals surface area contributed by atoms with Crippen LogP contribution >= 0.6 is 0 Å². The average Bonchev–Trinajstić information content (AvgIpc) is 3.24. The Morgan fingerprint density at radius 2 is 1.63 bits per heavy atom. The summed E-state index contributed by atoms with van der Waals surface area (Å²) >= 11 is 0. The molecule has 0 bridgehead atoms. The lowest BCUT2D eigenvalue weighted by atomic mass is 9.99. The zero-order chi connectivity index (χ0) is 20.5. The molecule has 1 atom stereocenters. The molecule has 0 spiro atoms. The van der Waals surface area contributed by atoms with Gasteiger partial charge >= 0.3 is 0 Å². The molecule has 1 fully saturated rings. The van der Waals surface area contributed by atoms with E-state index in [1.165, 1.54) is 18.2 Å². The van der Waals surface area contributed by atoms with Crippen molar-refractivity contribution in [2.24, 2.45) is 0 Å². The number of anilines is 2. The third-order valence-electron chi connectivity index (χ3n) is 5.78. The van der Waals surface area contributed by atoms with Gasteiger partial charge in [-0.3, -0.25) is 4.90 Å². The largest absolute Gasteiger partial charge is 0.314 e. The fraction of sp³-hybridized carbons (Fsp3) is 0.217. The Kier molecular flexibility index (Phi) is 5.08. The molecule has 2 heterocycles. The molecule has 4 N–H and O–H groups in total. The molecule has 1 saturated heterocycles. The number of piperazine rings is 1. The molecule has 0 radical (unpaired) electrons. The summed E-state index contributed by atoms with van der Waals surface area (Å²) in [5.74, 6) is -0.459. The van der Waals surface area contributed by atoms with Gasteiger partial charge in [-0.2, -0.15) is 0 Å². The topological polar surface area (TPSA) is 51.4 Å². The summed E-state index contributed by atoms with van der Waals surface area (Å²) in [7, 11) is 0. The minimum Gasteiger partial charge on any atom is -0.314 e. The van der Waals surface area contributed by atoms with Gasteiger partial charge in [0.1, 0.15) is 11.6 Å². The van der Waals surface area contributed by atoms with Crippen LogP contribution in [0.5, 0.6) is 0 Å². The van der Waals surface area contributed by atoms with Crippen molar-refractivity contribution in [3.63, 3.8) is 0 Å². The number of hydrogen-bond donors (Lipinski definition) is 4. The first-order chi connectivity index (χ1) is 14.7. The van der Waals surface area contributed by atoms with Gasteiger partial charge in [-0.15, -0.1) is 5.53 Å². The van der Waals surface area contributed by atoms with Gasteiger partial charge < -0.3 is 16.2 Å². The Bertz CT molecular complexity index is 1050. The maximum absolute atomic E-state index is 14.7. The van der Waals surface area contributed by atoms with Gasteiger partial charge in [0.25, 0.3) is 0 Å². The fourth-order valence-electron chi connectivity index (χ4n) is 4.15. The number of rotatable bonds is 4. The van der Waals surface area contributed by atoms with Crippen LogP contribution in [0.1, 0.15) is 17.2 Å². The summed E-state index contributed by atoms with van der Waals surface area (Å²) < 4.78 is 28.1. The first-order valence-electron chi connectivity index (χ1n) is 10.1. The molecule has 3 aromatic carbocycles. The summed E-state index contributed by atoms with van der Waals surface area (Å²) in [6, 6.07) is 18.0. The van der Waals surface area contributed by atoms with E-state index in [4.69, 9.17) is 0 Å². The number of hydrogen-bond acceptors (Lipinski definition) is 5. The van der Waals surface area contributed by atoms with Gasteiger partial charge in [-0.1, -0.05) is 24.3 Å². The lowest BCUT2D eigenvalue weighted by molar-refractivity contribution is 0.152. The molecule has 1 unspecified atom stereocenters. The number of halogens is 2. The minimum atomic E-state index is -0.248. The van der Waals surface area contributed by atoms with Crippen LogP contribution < -0.4 is 21.7 Å². The molecule has 2 aliphatic rings. The zero-order valence-corrected chi connectivity index (χ0v) is 16.4. The van der Waals surface area contributed by atoms with Crippen molar-refractivity contribution >= 4 is 11.4 Å². The first-order valence-corrected chi connectivity index (χ1v) is 10.1. The van der Waals surface area contributed by atoms with E-state index in [1.807, 2.05) is 42.5 Å². The molecule has 5 rings (SSSR count). The van der Waals surface area contributed by atoms with Crippen molar-refractivity contribution in [3.8, 4) is 11.1 Å². The average molecular weight is 407 g/mol. The van der Waals surface area contributed by atoms with E-state index in [-0.39, 0.29) is 17.7 Å². The summed E-state index contributed by atoms with van der Waals surface area (Å²) in [6.07, 6.45) is 0. The number of nitrogens with zero attached hydrogens (tertiary/aromatic N) is 1. The molecular formula is C23H23F2N5. The quantitative estimate of drug-likeness (QED) is 0.526. The van der Waals surface area contributed by atoms with Crippen molar-refractivity contribution in [2.45, 2.75) is 12.6 Å². The van der Waals surface area contributed by atoms with Crippen LogP contribution in [-0.4, -0.2) is 24.5 Å². The highest BCUT2D eigenvalue weighted by atomic mass is 19.1. The maximum Gasteiger partial charge on any atom is 0.127 e. The summed E-state index contributed by atoms with van der Waals surface area (Å²) in [5.41, 5.74) is 14.5. The van der Waals surface area contributed by atoms with Crippen LogP contribution in [0.3, 0.4) is 0 Å². The van der Waals surface area contributed by atoms with Gasteiger partial charge in [0.05, 0.1) is 11.4 Å². The smallest absolute Gasteiger partial charge is 0.127 e. The molecule has 0 saturated carbocycles. The van der Waals surface area contributed by atoms with Gasteiger partial charge in [0, 0.05) is 37.8 Å². The third-order valence-corrected chi connectivity index (χ3v) is 5.78. The number of hydrazine groups is 2. The lowest BCUT2D eigenvalue weighted by Gasteiger charge is -2.36. The Balaban J connectivity index is 1.42. The Labute approximate surface area is 174 Å². The predicted molar refractivity (Wildman–Crippen MR) is 115 cm³/mol. The van der Waals surface area contributed by atoms with Crippen molar-refractivity contribution in [1.82, 2.24) is 15.8 Å². The van der Waals surface area contributed by atoms with Gasteiger partial charge in [0.2, 0.25) is 0 Å². The Morgan fingerprint density at radius 1 is 0.867 bits per heavy atom.